The molecule has 0 amide bonds. The van der Waals surface area contributed by atoms with Crippen molar-refractivity contribution in [3.05, 3.63) is 23.4 Å². The minimum Gasteiger partial charge on any atom is -0.363 e. The van der Waals surface area contributed by atoms with E-state index in [1.54, 1.807) is 0 Å². The highest BCUT2D eigenvalue weighted by atomic mass is 35.5. The fraction of sp³-hybridized carbons (Fsp3) is 0.706. The van der Waals surface area contributed by atoms with Crippen molar-refractivity contribution in [3.63, 3.8) is 0 Å². The van der Waals surface area contributed by atoms with Gasteiger partial charge in [0.15, 0.2) is 0 Å². The zero-order chi connectivity index (χ0) is 14.1. The van der Waals surface area contributed by atoms with Crippen LogP contribution in [0.4, 0.5) is 5.82 Å². The summed E-state index contributed by atoms with van der Waals surface area (Å²) in [6.07, 6.45) is 6.42. The fourth-order valence-corrected chi connectivity index (χ4v) is 3.92. The van der Waals surface area contributed by atoms with E-state index in [4.69, 9.17) is 4.98 Å². The summed E-state index contributed by atoms with van der Waals surface area (Å²) < 4.78 is 0. The highest BCUT2D eigenvalue weighted by Crippen LogP contribution is 2.35. The van der Waals surface area contributed by atoms with E-state index in [-0.39, 0.29) is 12.4 Å². The van der Waals surface area contributed by atoms with Crippen LogP contribution in [-0.4, -0.2) is 43.1 Å². The summed E-state index contributed by atoms with van der Waals surface area (Å²) in [6.45, 7) is 4.86. The van der Waals surface area contributed by atoms with Gasteiger partial charge in [-0.05, 0) is 62.7 Å². The molecule has 1 aliphatic carbocycles. The first-order chi connectivity index (χ1) is 9.69. The Labute approximate surface area is 135 Å². The van der Waals surface area contributed by atoms with E-state index < -0.39 is 0 Å². The number of hydrogen-bond donors (Lipinski definition) is 0. The monoisotopic (exact) mass is 309 g/mol. The highest BCUT2D eigenvalue weighted by Gasteiger charge is 2.35. The van der Waals surface area contributed by atoms with E-state index in [9.17, 15) is 0 Å². The van der Waals surface area contributed by atoms with Crippen molar-refractivity contribution in [2.24, 2.45) is 5.92 Å². The zero-order valence-corrected chi connectivity index (χ0v) is 14.3. The Kier molecular flexibility index (Phi) is 5.50. The Bertz CT molecular complexity index is 473. The maximum Gasteiger partial charge on any atom is 0.128 e. The first-order valence-corrected chi connectivity index (χ1v) is 8.09. The van der Waals surface area contributed by atoms with Crippen molar-refractivity contribution >= 4 is 18.2 Å². The molecule has 0 unspecified atom stereocenters. The lowest BCUT2D eigenvalue weighted by Gasteiger charge is -2.44. The van der Waals surface area contributed by atoms with E-state index in [0.29, 0.717) is 0 Å². The normalized spacial score (nSPS) is 24.7. The van der Waals surface area contributed by atoms with Gasteiger partial charge in [0.05, 0.1) is 0 Å². The van der Waals surface area contributed by atoms with Crippen LogP contribution in [0.3, 0.4) is 0 Å². The van der Waals surface area contributed by atoms with E-state index in [2.05, 4.69) is 43.0 Å². The Balaban J connectivity index is 0.00000161. The van der Waals surface area contributed by atoms with Gasteiger partial charge in [0, 0.05) is 25.8 Å². The molecule has 0 spiro atoms. The molecule has 3 rings (SSSR count). The van der Waals surface area contributed by atoms with Gasteiger partial charge in [-0.3, -0.25) is 4.90 Å². The molecule has 1 saturated heterocycles. The van der Waals surface area contributed by atoms with Gasteiger partial charge in [0.2, 0.25) is 0 Å². The third-order valence-electron chi connectivity index (χ3n) is 4.94. The van der Waals surface area contributed by atoms with Gasteiger partial charge < -0.3 is 4.90 Å². The number of hydrogen-bond acceptors (Lipinski definition) is 3. The van der Waals surface area contributed by atoms with Gasteiger partial charge in [0.25, 0.3) is 0 Å². The van der Waals surface area contributed by atoms with Gasteiger partial charge >= 0.3 is 0 Å². The minimum atomic E-state index is 0. The van der Waals surface area contributed by atoms with Gasteiger partial charge in [-0.2, -0.15) is 0 Å². The Morgan fingerprint density at radius 3 is 2.81 bits per heavy atom. The molecule has 2 atom stereocenters. The number of aromatic nitrogens is 1. The maximum atomic E-state index is 4.88. The molecule has 21 heavy (non-hydrogen) atoms. The van der Waals surface area contributed by atoms with E-state index in [0.717, 1.165) is 17.8 Å². The summed E-state index contributed by atoms with van der Waals surface area (Å²) in [4.78, 5) is 9.72. The topological polar surface area (TPSA) is 19.4 Å². The van der Waals surface area contributed by atoms with Crippen molar-refractivity contribution in [3.8, 4) is 0 Å². The Hall–Kier alpha value is -0.800. The maximum absolute atomic E-state index is 4.88. The van der Waals surface area contributed by atoms with Crippen molar-refractivity contribution in [1.29, 1.82) is 0 Å². The standard InChI is InChI=1S/C17H27N3.ClH/c1-4-9-20-10-5-6-14-11-15-13(12-16(14)20)7-8-17(18-15)19(2)3;/h7-8,14,16H,4-6,9-12H2,1-3H3;1H/t14-,16-;/m1./s1. The van der Waals surface area contributed by atoms with Crippen LogP contribution in [0, 0.1) is 5.92 Å². The lowest BCUT2D eigenvalue weighted by atomic mass is 9.77. The van der Waals surface area contributed by atoms with E-state index >= 15 is 0 Å². The van der Waals surface area contributed by atoms with E-state index in [1.807, 2.05) is 0 Å². The number of halogens is 1. The van der Waals surface area contributed by atoms with E-state index in [1.165, 1.54) is 56.5 Å². The van der Waals surface area contributed by atoms with Gasteiger partial charge in [-0.15, -0.1) is 12.4 Å². The second-order valence-corrected chi connectivity index (χ2v) is 6.58. The molecule has 4 heteroatoms. The van der Waals surface area contributed by atoms with Gasteiger partial charge in [0.1, 0.15) is 5.82 Å². The van der Waals surface area contributed by atoms with Gasteiger partial charge in [-0.1, -0.05) is 13.0 Å². The second-order valence-electron chi connectivity index (χ2n) is 6.58. The summed E-state index contributed by atoms with van der Waals surface area (Å²) in [7, 11) is 4.15. The molecule has 1 fully saturated rings. The molecule has 0 bridgehead atoms. The Morgan fingerprint density at radius 2 is 2.10 bits per heavy atom. The van der Waals surface area contributed by atoms with Crippen LogP contribution in [0.2, 0.25) is 0 Å². The van der Waals surface area contributed by atoms with Crippen molar-refractivity contribution in [1.82, 2.24) is 9.88 Å². The lowest BCUT2D eigenvalue weighted by Crippen LogP contribution is -2.49. The summed E-state index contributed by atoms with van der Waals surface area (Å²) in [5.74, 6) is 1.93. The van der Waals surface area contributed by atoms with Crippen LogP contribution in [0.15, 0.2) is 12.1 Å². The van der Waals surface area contributed by atoms with Crippen LogP contribution >= 0.6 is 12.4 Å². The summed E-state index contributed by atoms with van der Waals surface area (Å²) in [5.41, 5.74) is 2.84. The van der Waals surface area contributed by atoms with Crippen LogP contribution in [0.1, 0.15) is 37.4 Å². The summed E-state index contributed by atoms with van der Waals surface area (Å²) in [5, 5.41) is 0. The average Bonchev–Trinajstić information content (AvgIpc) is 2.45. The average molecular weight is 310 g/mol. The smallest absolute Gasteiger partial charge is 0.128 e. The molecule has 2 aliphatic rings. The molecule has 1 aromatic heterocycles. The number of likely N-dealkylation sites (tertiary alicyclic amines) is 1. The van der Waals surface area contributed by atoms with Crippen LogP contribution < -0.4 is 4.90 Å². The number of nitrogens with zero attached hydrogens (tertiary/aromatic N) is 3. The molecule has 1 aliphatic heterocycles. The third-order valence-corrected chi connectivity index (χ3v) is 4.94. The van der Waals surface area contributed by atoms with Crippen molar-refractivity contribution in [2.45, 2.75) is 45.1 Å². The molecule has 0 N–H and O–H groups in total. The third kappa shape index (κ3) is 3.35. The number of pyridine rings is 1. The summed E-state index contributed by atoms with van der Waals surface area (Å²) >= 11 is 0. The number of piperidine rings is 1. The molecule has 0 radical (unpaired) electrons. The SMILES string of the molecule is CCCN1CCC[C@@H]2Cc3nc(N(C)C)ccc3C[C@H]21.Cl. The minimum absolute atomic E-state index is 0. The largest absolute Gasteiger partial charge is 0.363 e. The molecule has 3 nitrogen and oxygen atoms in total. The molecule has 118 valence electrons. The molecular weight excluding hydrogens is 282 g/mol. The first kappa shape index (κ1) is 16.6. The molecule has 0 aromatic carbocycles. The van der Waals surface area contributed by atoms with Gasteiger partial charge in [-0.25, -0.2) is 4.98 Å². The molecule has 1 aromatic rings. The number of anilines is 1. The fourth-order valence-electron chi connectivity index (χ4n) is 3.92. The Morgan fingerprint density at radius 1 is 1.29 bits per heavy atom. The zero-order valence-electron chi connectivity index (χ0n) is 13.5. The predicted molar refractivity (Wildman–Crippen MR) is 91.6 cm³/mol. The van der Waals surface area contributed by atoms with Crippen LogP contribution in [0.25, 0.3) is 0 Å². The van der Waals surface area contributed by atoms with Crippen LogP contribution in [-0.2, 0) is 12.8 Å². The first-order valence-electron chi connectivity index (χ1n) is 8.09. The predicted octanol–water partition coefficient (Wildman–Crippen LogP) is 3.16. The van der Waals surface area contributed by atoms with Crippen molar-refractivity contribution < 1.29 is 0 Å². The quantitative estimate of drug-likeness (QED) is 0.855. The van der Waals surface area contributed by atoms with Crippen LogP contribution in [0.5, 0.6) is 0 Å². The molecular formula is C17H28ClN3. The second kappa shape index (κ2) is 6.97. The molecule has 0 saturated carbocycles. The molecule has 2 heterocycles. The highest BCUT2D eigenvalue weighted by molar-refractivity contribution is 5.85. The van der Waals surface area contributed by atoms with Crippen molar-refractivity contribution in [2.75, 3.05) is 32.1 Å². The lowest BCUT2D eigenvalue weighted by molar-refractivity contribution is 0.0846. The number of fused-ring (bicyclic) bond motifs is 2. The summed E-state index contributed by atoms with van der Waals surface area (Å²) in [6, 6.07) is 5.25. The number of rotatable bonds is 3.